The number of carbonyl (C=O) groups excluding carboxylic acids is 1. The Labute approximate surface area is 102 Å². The first-order valence-corrected chi connectivity index (χ1v) is 5.74. The number of amides is 2. The predicted molar refractivity (Wildman–Crippen MR) is 63.7 cm³/mol. The van der Waals surface area contributed by atoms with E-state index in [0.717, 1.165) is 0 Å². The molecule has 100 valence electrons. The van der Waals surface area contributed by atoms with E-state index in [1.807, 2.05) is 0 Å². The lowest BCUT2D eigenvalue weighted by atomic mass is 10.1. The molecule has 6 nitrogen and oxygen atoms in total. The van der Waals surface area contributed by atoms with E-state index in [1.165, 1.54) is 4.90 Å². The maximum Gasteiger partial charge on any atom is 0.317 e. The molecule has 2 unspecified atom stereocenters. The van der Waals surface area contributed by atoms with Gasteiger partial charge in [-0.15, -0.1) is 0 Å². The lowest BCUT2D eigenvalue weighted by molar-refractivity contribution is -0.141. The van der Waals surface area contributed by atoms with Crippen LogP contribution in [0, 0.1) is 5.92 Å². The topological polar surface area (TPSA) is 89.9 Å². The third kappa shape index (κ3) is 6.11. The van der Waals surface area contributed by atoms with Crippen molar-refractivity contribution in [2.75, 3.05) is 20.2 Å². The Kier molecular flexibility index (Phi) is 7.29. The SMILES string of the molecule is CC(CCCNC(=O)N(C)C(C)CO)C(=O)O. The lowest BCUT2D eigenvalue weighted by Gasteiger charge is -2.23. The summed E-state index contributed by atoms with van der Waals surface area (Å²) in [6.07, 6.45) is 1.16. The number of aliphatic carboxylic acids is 1. The summed E-state index contributed by atoms with van der Waals surface area (Å²) in [6, 6.07) is -0.484. The van der Waals surface area contributed by atoms with Gasteiger partial charge in [-0.25, -0.2) is 4.79 Å². The molecule has 0 heterocycles. The van der Waals surface area contributed by atoms with Crippen molar-refractivity contribution in [3.8, 4) is 0 Å². The Morgan fingerprint density at radius 1 is 1.35 bits per heavy atom. The van der Waals surface area contributed by atoms with Gasteiger partial charge in [-0.1, -0.05) is 6.92 Å². The smallest absolute Gasteiger partial charge is 0.317 e. The van der Waals surface area contributed by atoms with Crippen molar-refractivity contribution in [3.63, 3.8) is 0 Å². The van der Waals surface area contributed by atoms with E-state index >= 15 is 0 Å². The molecule has 0 aromatic heterocycles. The van der Waals surface area contributed by atoms with Gasteiger partial charge in [0.1, 0.15) is 0 Å². The van der Waals surface area contributed by atoms with E-state index in [9.17, 15) is 9.59 Å². The largest absolute Gasteiger partial charge is 0.481 e. The van der Waals surface area contributed by atoms with Crippen LogP contribution in [0.3, 0.4) is 0 Å². The highest BCUT2D eigenvalue weighted by Crippen LogP contribution is 2.04. The maximum atomic E-state index is 11.5. The first-order valence-electron chi connectivity index (χ1n) is 5.74. The number of urea groups is 1. The fourth-order valence-corrected chi connectivity index (χ4v) is 1.17. The quantitative estimate of drug-likeness (QED) is 0.571. The van der Waals surface area contributed by atoms with Crippen molar-refractivity contribution in [2.45, 2.75) is 32.7 Å². The second-order valence-electron chi connectivity index (χ2n) is 4.26. The average molecular weight is 246 g/mol. The van der Waals surface area contributed by atoms with Crippen LogP contribution in [0.4, 0.5) is 4.79 Å². The number of nitrogens with one attached hydrogen (secondary N) is 1. The molecule has 2 atom stereocenters. The van der Waals surface area contributed by atoms with Gasteiger partial charge in [0.2, 0.25) is 0 Å². The standard InChI is InChI=1S/C11H22N2O4/c1-8(10(15)16)5-4-6-12-11(17)13(3)9(2)7-14/h8-9,14H,4-7H2,1-3H3,(H,12,17)(H,15,16). The Hall–Kier alpha value is -1.30. The Balaban J connectivity index is 3.75. The van der Waals surface area contributed by atoms with Gasteiger partial charge in [0.25, 0.3) is 0 Å². The summed E-state index contributed by atoms with van der Waals surface area (Å²) in [5.41, 5.74) is 0. The summed E-state index contributed by atoms with van der Waals surface area (Å²) in [4.78, 5) is 23.5. The van der Waals surface area contributed by atoms with E-state index in [4.69, 9.17) is 10.2 Å². The van der Waals surface area contributed by atoms with Gasteiger partial charge in [0.05, 0.1) is 18.6 Å². The van der Waals surface area contributed by atoms with E-state index < -0.39 is 5.97 Å². The van der Waals surface area contributed by atoms with Crippen LogP contribution in [0.1, 0.15) is 26.7 Å². The summed E-state index contributed by atoms with van der Waals surface area (Å²) in [5.74, 6) is -1.21. The molecular weight excluding hydrogens is 224 g/mol. The van der Waals surface area contributed by atoms with Crippen LogP contribution in [0.15, 0.2) is 0 Å². The summed E-state index contributed by atoms with van der Waals surface area (Å²) < 4.78 is 0. The summed E-state index contributed by atoms with van der Waals surface area (Å²) in [5, 5.41) is 20.2. The minimum atomic E-state index is -0.817. The van der Waals surface area contributed by atoms with Gasteiger partial charge < -0.3 is 20.4 Å². The Bertz CT molecular complexity index is 258. The van der Waals surface area contributed by atoms with Gasteiger partial charge >= 0.3 is 12.0 Å². The van der Waals surface area contributed by atoms with Gasteiger partial charge in [-0.05, 0) is 19.8 Å². The molecule has 0 fully saturated rings. The highest BCUT2D eigenvalue weighted by atomic mass is 16.4. The molecule has 0 aliphatic rings. The highest BCUT2D eigenvalue weighted by Gasteiger charge is 2.14. The molecule has 6 heteroatoms. The summed E-state index contributed by atoms with van der Waals surface area (Å²) >= 11 is 0. The molecular formula is C11H22N2O4. The lowest BCUT2D eigenvalue weighted by Crippen LogP contribution is -2.44. The van der Waals surface area contributed by atoms with Crippen molar-refractivity contribution in [3.05, 3.63) is 0 Å². The zero-order valence-electron chi connectivity index (χ0n) is 10.6. The monoisotopic (exact) mass is 246 g/mol. The number of hydrogen-bond donors (Lipinski definition) is 3. The van der Waals surface area contributed by atoms with Crippen molar-refractivity contribution in [1.82, 2.24) is 10.2 Å². The molecule has 0 aliphatic heterocycles. The van der Waals surface area contributed by atoms with Crippen molar-refractivity contribution < 1.29 is 19.8 Å². The molecule has 0 radical (unpaired) electrons. The molecule has 0 aromatic carbocycles. The molecule has 3 N–H and O–H groups in total. The third-order valence-electron chi connectivity index (χ3n) is 2.76. The van der Waals surface area contributed by atoms with Crippen LogP contribution in [0.25, 0.3) is 0 Å². The molecule has 0 spiro atoms. The van der Waals surface area contributed by atoms with Crippen LogP contribution in [0.2, 0.25) is 0 Å². The second kappa shape index (κ2) is 7.89. The van der Waals surface area contributed by atoms with Crippen LogP contribution >= 0.6 is 0 Å². The number of aliphatic hydroxyl groups is 1. The fraction of sp³-hybridized carbons (Fsp3) is 0.818. The van der Waals surface area contributed by atoms with Gasteiger partial charge in [-0.2, -0.15) is 0 Å². The van der Waals surface area contributed by atoms with Crippen LogP contribution in [-0.2, 0) is 4.79 Å². The van der Waals surface area contributed by atoms with E-state index in [1.54, 1.807) is 20.9 Å². The first-order chi connectivity index (χ1) is 7.90. The van der Waals surface area contributed by atoms with Crippen LogP contribution in [-0.4, -0.2) is 53.4 Å². The number of hydrogen-bond acceptors (Lipinski definition) is 3. The number of likely N-dealkylation sites (N-methyl/N-ethyl adjacent to an activating group) is 1. The third-order valence-corrected chi connectivity index (χ3v) is 2.76. The van der Waals surface area contributed by atoms with Crippen molar-refractivity contribution in [1.29, 1.82) is 0 Å². The van der Waals surface area contributed by atoms with Gasteiger partial charge in [0, 0.05) is 13.6 Å². The molecule has 0 aromatic rings. The Morgan fingerprint density at radius 3 is 2.41 bits per heavy atom. The minimum absolute atomic E-state index is 0.0834. The zero-order valence-corrected chi connectivity index (χ0v) is 10.6. The average Bonchev–Trinajstić information content (AvgIpc) is 2.31. The summed E-state index contributed by atoms with van der Waals surface area (Å²) in [6.45, 7) is 3.75. The molecule has 0 bridgehead atoms. The Morgan fingerprint density at radius 2 is 1.94 bits per heavy atom. The summed E-state index contributed by atoms with van der Waals surface area (Å²) in [7, 11) is 1.61. The normalized spacial score (nSPS) is 13.9. The highest BCUT2D eigenvalue weighted by molar-refractivity contribution is 5.74. The van der Waals surface area contributed by atoms with Crippen molar-refractivity contribution in [2.24, 2.45) is 5.92 Å². The van der Waals surface area contributed by atoms with Gasteiger partial charge in [0.15, 0.2) is 0 Å². The fourth-order valence-electron chi connectivity index (χ4n) is 1.17. The van der Waals surface area contributed by atoms with E-state index in [2.05, 4.69) is 5.32 Å². The zero-order chi connectivity index (χ0) is 13.4. The number of aliphatic hydroxyl groups excluding tert-OH is 1. The number of rotatable bonds is 7. The van der Waals surface area contributed by atoms with Crippen LogP contribution < -0.4 is 5.32 Å². The molecule has 0 aliphatic carbocycles. The predicted octanol–water partition coefficient (Wildman–Crippen LogP) is 0.509. The minimum Gasteiger partial charge on any atom is -0.481 e. The number of carboxylic acid groups (broad SMARTS) is 1. The number of carbonyl (C=O) groups is 2. The molecule has 0 saturated heterocycles. The first kappa shape index (κ1) is 15.7. The molecule has 2 amide bonds. The molecule has 0 saturated carbocycles. The number of carboxylic acids is 1. The molecule has 0 rings (SSSR count). The molecule has 17 heavy (non-hydrogen) atoms. The van der Waals surface area contributed by atoms with E-state index in [0.29, 0.717) is 19.4 Å². The van der Waals surface area contributed by atoms with Crippen LogP contribution in [0.5, 0.6) is 0 Å². The van der Waals surface area contributed by atoms with Gasteiger partial charge in [-0.3, -0.25) is 4.79 Å². The van der Waals surface area contributed by atoms with Crippen molar-refractivity contribution >= 4 is 12.0 Å². The maximum absolute atomic E-state index is 11.5. The van der Waals surface area contributed by atoms with E-state index in [-0.39, 0.29) is 24.6 Å². The second-order valence-corrected chi connectivity index (χ2v) is 4.26. The number of nitrogens with zero attached hydrogens (tertiary/aromatic N) is 1.